The number of aromatic amines is 1. The number of pyridine rings is 1. The Morgan fingerprint density at radius 1 is 1.21 bits per heavy atom. The molecule has 0 spiro atoms. The van der Waals surface area contributed by atoms with Crippen LogP contribution in [0.3, 0.4) is 0 Å². The molecule has 0 bridgehead atoms. The van der Waals surface area contributed by atoms with E-state index in [1.807, 2.05) is 31.2 Å². The normalized spacial score (nSPS) is 12.5. The highest BCUT2D eigenvalue weighted by Gasteiger charge is 2.24. The van der Waals surface area contributed by atoms with E-state index in [0.717, 1.165) is 11.3 Å². The number of aromatic nitrogens is 4. The van der Waals surface area contributed by atoms with Crippen LogP contribution >= 0.6 is 0 Å². The molecule has 8 nitrogen and oxygen atoms in total. The molecule has 28 heavy (non-hydrogen) atoms. The van der Waals surface area contributed by atoms with Crippen molar-refractivity contribution < 1.29 is 14.2 Å². The maximum absolute atomic E-state index is 12.8. The Hall–Kier alpha value is -3.81. The quantitative estimate of drug-likeness (QED) is 0.591. The molecule has 0 saturated carbocycles. The molecule has 8 heteroatoms. The summed E-state index contributed by atoms with van der Waals surface area (Å²) in [6.07, 6.45) is 1.71. The summed E-state index contributed by atoms with van der Waals surface area (Å²) in [6.45, 7) is 1.99. The first-order chi connectivity index (χ1) is 13.7. The maximum atomic E-state index is 12.8. The smallest absolute Gasteiger partial charge is 0.274 e. The molecule has 4 heterocycles. The Morgan fingerprint density at radius 3 is 2.89 bits per heavy atom. The largest absolute Gasteiger partial charge is 0.492 e. The summed E-state index contributed by atoms with van der Waals surface area (Å²) >= 11 is 0. The van der Waals surface area contributed by atoms with Crippen LogP contribution in [0.25, 0.3) is 28.2 Å². The first kappa shape index (κ1) is 16.4. The molecule has 4 aromatic rings. The third-order valence-corrected chi connectivity index (χ3v) is 4.70. The van der Waals surface area contributed by atoms with Gasteiger partial charge in [0.2, 0.25) is 12.5 Å². The minimum absolute atomic E-state index is 0.135. The maximum Gasteiger partial charge on any atom is 0.274 e. The number of fused-ring (bicyclic) bond motifs is 2. The summed E-state index contributed by atoms with van der Waals surface area (Å²) in [5.74, 6) is 1.64. The Kier molecular flexibility index (Phi) is 3.58. The van der Waals surface area contributed by atoms with Crippen LogP contribution in [0.1, 0.15) is 5.69 Å². The van der Waals surface area contributed by atoms with Gasteiger partial charge in [0.25, 0.3) is 5.56 Å². The molecule has 1 aliphatic rings. The van der Waals surface area contributed by atoms with Gasteiger partial charge in [-0.25, -0.2) is 0 Å². The zero-order valence-electron chi connectivity index (χ0n) is 15.2. The fraction of sp³-hybridized carbons (Fsp3) is 0.150. The van der Waals surface area contributed by atoms with Crippen LogP contribution in [-0.4, -0.2) is 33.5 Å². The van der Waals surface area contributed by atoms with Gasteiger partial charge in [-0.2, -0.15) is 9.61 Å². The van der Waals surface area contributed by atoms with E-state index in [2.05, 4.69) is 15.1 Å². The molecule has 0 amide bonds. The first-order valence-electron chi connectivity index (χ1n) is 8.68. The van der Waals surface area contributed by atoms with Crippen LogP contribution in [0.5, 0.6) is 17.2 Å². The highest BCUT2D eigenvalue weighted by molar-refractivity contribution is 5.81. The molecule has 3 aromatic heterocycles. The number of ether oxygens (including phenoxy) is 3. The number of methoxy groups -OCH3 is 1. The average molecular weight is 376 g/mol. The zero-order chi connectivity index (χ0) is 19.3. The Bertz CT molecular complexity index is 1260. The molecule has 0 fully saturated rings. The van der Waals surface area contributed by atoms with Crippen molar-refractivity contribution in [3.05, 3.63) is 58.6 Å². The van der Waals surface area contributed by atoms with Gasteiger partial charge in [-0.15, -0.1) is 0 Å². The zero-order valence-corrected chi connectivity index (χ0v) is 15.2. The second kappa shape index (κ2) is 6.12. The van der Waals surface area contributed by atoms with Crippen molar-refractivity contribution in [3.63, 3.8) is 0 Å². The van der Waals surface area contributed by atoms with Crippen LogP contribution in [0.2, 0.25) is 0 Å². The van der Waals surface area contributed by atoms with Crippen molar-refractivity contribution in [1.29, 1.82) is 0 Å². The minimum atomic E-state index is -0.256. The summed E-state index contributed by atoms with van der Waals surface area (Å²) in [4.78, 5) is 20.5. The third kappa shape index (κ3) is 2.34. The van der Waals surface area contributed by atoms with Crippen molar-refractivity contribution in [2.24, 2.45) is 0 Å². The fourth-order valence-corrected chi connectivity index (χ4v) is 3.47. The number of benzene rings is 1. The lowest BCUT2D eigenvalue weighted by Crippen LogP contribution is -2.14. The Balaban J connectivity index is 1.78. The summed E-state index contributed by atoms with van der Waals surface area (Å²) in [6, 6.07) is 10.7. The lowest BCUT2D eigenvalue weighted by molar-refractivity contribution is 0.171. The van der Waals surface area contributed by atoms with Gasteiger partial charge in [0.05, 0.1) is 29.8 Å². The van der Waals surface area contributed by atoms with Crippen molar-refractivity contribution in [1.82, 2.24) is 19.6 Å². The summed E-state index contributed by atoms with van der Waals surface area (Å²) in [5.41, 5.74) is 3.82. The van der Waals surface area contributed by atoms with E-state index in [1.54, 1.807) is 19.4 Å². The molecular weight excluding hydrogens is 360 g/mol. The van der Waals surface area contributed by atoms with Crippen molar-refractivity contribution in [2.45, 2.75) is 6.92 Å². The second-order valence-corrected chi connectivity index (χ2v) is 6.34. The van der Waals surface area contributed by atoms with Crippen LogP contribution in [0.4, 0.5) is 0 Å². The monoisotopic (exact) mass is 376 g/mol. The van der Waals surface area contributed by atoms with E-state index in [4.69, 9.17) is 14.2 Å². The van der Waals surface area contributed by atoms with Gasteiger partial charge in [0.15, 0.2) is 11.5 Å². The molecule has 5 rings (SSSR count). The van der Waals surface area contributed by atoms with E-state index in [-0.39, 0.29) is 12.4 Å². The molecule has 1 N–H and O–H groups in total. The molecule has 0 saturated heterocycles. The number of nitrogens with one attached hydrogen (secondary N) is 1. The van der Waals surface area contributed by atoms with Crippen molar-refractivity contribution in [2.75, 3.05) is 13.9 Å². The first-order valence-corrected chi connectivity index (χ1v) is 8.68. The van der Waals surface area contributed by atoms with Gasteiger partial charge in [-0.05, 0) is 31.2 Å². The summed E-state index contributed by atoms with van der Waals surface area (Å²) in [5, 5.41) is 4.38. The predicted octanol–water partition coefficient (Wildman–Crippen LogP) is 2.80. The average Bonchev–Trinajstić information content (AvgIpc) is 3.31. The van der Waals surface area contributed by atoms with Gasteiger partial charge in [-0.1, -0.05) is 6.07 Å². The van der Waals surface area contributed by atoms with Crippen molar-refractivity contribution in [3.8, 4) is 39.8 Å². The van der Waals surface area contributed by atoms with Gasteiger partial charge in [-0.3, -0.25) is 9.78 Å². The molecule has 140 valence electrons. The molecule has 0 atom stereocenters. The molecule has 0 aliphatic carbocycles. The van der Waals surface area contributed by atoms with E-state index < -0.39 is 0 Å². The Morgan fingerprint density at radius 2 is 2.11 bits per heavy atom. The van der Waals surface area contributed by atoms with E-state index in [9.17, 15) is 4.79 Å². The molecule has 1 aromatic carbocycles. The molecule has 1 aliphatic heterocycles. The fourth-order valence-electron chi connectivity index (χ4n) is 3.47. The summed E-state index contributed by atoms with van der Waals surface area (Å²) < 4.78 is 17.8. The van der Waals surface area contributed by atoms with Gasteiger partial charge in [0.1, 0.15) is 5.65 Å². The van der Waals surface area contributed by atoms with E-state index in [1.165, 1.54) is 10.6 Å². The highest BCUT2D eigenvalue weighted by atomic mass is 16.7. The standard InChI is InChI=1S/C20H16N4O4/c1-11-17(13-5-3-4-8-21-13)20-22-14(9-16(25)24(20)23-11)12-6-7-15-19(18(12)26-2)28-10-27-15/h3-9,22H,10H2,1-2H3. The van der Waals surface area contributed by atoms with E-state index >= 15 is 0 Å². The number of H-pyrrole nitrogens is 1. The van der Waals surface area contributed by atoms with Gasteiger partial charge in [0, 0.05) is 17.8 Å². The topological polar surface area (TPSA) is 90.7 Å². The second-order valence-electron chi connectivity index (χ2n) is 6.34. The van der Waals surface area contributed by atoms with Gasteiger partial charge < -0.3 is 19.2 Å². The number of rotatable bonds is 3. The number of hydrogen-bond acceptors (Lipinski definition) is 6. The molecule has 0 unspecified atom stereocenters. The predicted molar refractivity (Wildman–Crippen MR) is 102 cm³/mol. The van der Waals surface area contributed by atoms with Crippen molar-refractivity contribution >= 4 is 5.65 Å². The number of aryl methyl sites for hydroxylation is 1. The Labute approximate surface area is 159 Å². The van der Waals surface area contributed by atoms with Crippen LogP contribution in [-0.2, 0) is 0 Å². The lowest BCUT2D eigenvalue weighted by Gasteiger charge is -2.11. The van der Waals surface area contributed by atoms with Crippen LogP contribution in [0.15, 0.2) is 47.4 Å². The number of nitrogens with zero attached hydrogens (tertiary/aromatic N) is 3. The van der Waals surface area contributed by atoms with E-state index in [0.29, 0.717) is 39.8 Å². The lowest BCUT2D eigenvalue weighted by atomic mass is 10.1. The van der Waals surface area contributed by atoms with Crippen LogP contribution < -0.4 is 19.8 Å². The number of hydrogen-bond donors (Lipinski definition) is 1. The minimum Gasteiger partial charge on any atom is -0.492 e. The third-order valence-electron chi connectivity index (χ3n) is 4.70. The molecular formula is C20H16N4O4. The van der Waals surface area contributed by atoms with Crippen LogP contribution in [0, 0.1) is 6.92 Å². The molecule has 0 radical (unpaired) electrons. The van der Waals surface area contributed by atoms with Gasteiger partial charge >= 0.3 is 0 Å². The highest BCUT2D eigenvalue weighted by Crippen LogP contribution is 2.46. The SMILES string of the molecule is COc1c(-c2cc(=O)n3nc(C)c(-c4ccccn4)c3[nH]2)ccc2c1OCO2. The summed E-state index contributed by atoms with van der Waals surface area (Å²) in [7, 11) is 1.56.